The molecule has 6 nitrogen and oxygen atoms in total. The van der Waals surface area contributed by atoms with Gasteiger partial charge in [0.05, 0.1) is 35.2 Å². The molecule has 2 heterocycles. The van der Waals surface area contributed by atoms with E-state index < -0.39 is 0 Å². The summed E-state index contributed by atoms with van der Waals surface area (Å²) in [6, 6.07) is 9.34. The van der Waals surface area contributed by atoms with E-state index in [1.807, 2.05) is 25.1 Å². The predicted octanol–water partition coefficient (Wildman–Crippen LogP) is 1.92. The Morgan fingerprint density at radius 3 is 2.88 bits per heavy atom. The van der Waals surface area contributed by atoms with Crippen LogP contribution < -0.4 is 5.56 Å². The van der Waals surface area contributed by atoms with E-state index in [2.05, 4.69) is 29.8 Å². The molecule has 1 aliphatic rings. The van der Waals surface area contributed by atoms with Crippen LogP contribution in [-0.2, 0) is 17.8 Å². The second-order valence-corrected chi connectivity index (χ2v) is 6.95. The van der Waals surface area contributed by atoms with E-state index in [1.54, 1.807) is 6.07 Å². The zero-order chi connectivity index (χ0) is 17.3. The first kappa shape index (κ1) is 16.6. The van der Waals surface area contributed by atoms with Crippen LogP contribution in [0.25, 0.3) is 10.9 Å². The summed E-state index contributed by atoms with van der Waals surface area (Å²) in [5, 5.41) is 9.65. The Morgan fingerprint density at radius 2 is 2.17 bits per heavy atom. The highest BCUT2D eigenvalue weighted by Crippen LogP contribution is 2.22. The van der Waals surface area contributed by atoms with Crippen LogP contribution in [0.5, 0.6) is 0 Å². The molecule has 2 aromatic rings. The number of hydrogen-bond acceptors (Lipinski definition) is 5. The summed E-state index contributed by atoms with van der Waals surface area (Å²) in [6.07, 6.45) is 0.116. The smallest absolute Gasteiger partial charge is 0.262 e. The average molecular weight is 326 g/mol. The van der Waals surface area contributed by atoms with E-state index in [4.69, 9.17) is 10.00 Å². The van der Waals surface area contributed by atoms with Gasteiger partial charge in [-0.1, -0.05) is 12.1 Å². The summed E-state index contributed by atoms with van der Waals surface area (Å²) in [6.45, 7) is 8.24. The van der Waals surface area contributed by atoms with Crippen molar-refractivity contribution in [3.8, 4) is 6.07 Å². The molecule has 1 unspecified atom stereocenters. The number of aromatic nitrogens is 2. The Kier molecular flexibility index (Phi) is 4.39. The highest BCUT2D eigenvalue weighted by atomic mass is 16.5. The predicted molar refractivity (Wildman–Crippen MR) is 91.5 cm³/mol. The van der Waals surface area contributed by atoms with Gasteiger partial charge in [-0.3, -0.25) is 14.3 Å². The molecule has 1 fully saturated rings. The van der Waals surface area contributed by atoms with Crippen molar-refractivity contribution in [1.29, 1.82) is 5.26 Å². The summed E-state index contributed by atoms with van der Waals surface area (Å²) in [4.78, 5) is 19.6. The largest absolute Gasteiger partial charge is 0.370 e. The zero-order valence-corrected chi connectivity index (χ0v) is 14.3. The van der Waals surface area contributed by atoms with Gasteiger partial charge in [-0.25, -0.2) is 4.98 Å². The van der Waals surface area contributed by atoms with Crippen molar-refractivity contribution >= 4 is 10.9 Å². The normalized spacial score (nSPS) is 20.8. The third-order valence-corrected chi connectivity index (χ3v) is 4.17. The molecule has 0 saturated carbocycles. The highest BCUT2D eigenvalue weighted by molar-refractivity contribution is 5.77. The second-order valence-electron chi connectivity index (χ2n) is 6.95. The fourth-order valence-electron chi connectivity index (χ4n) is 3.47. The van der Waals surface area contributed by atoms with Gasteiger partial charge >= 0.3 is 0 Å². The number of fused-ring (bicyclic) bond motifs is 1. The number of nitrogens with zero attached hydrogens (tertiary/aromatic N) is 4. The van der Waals surface area contributed by atoms with Gasteiger partial charge in [0.15, 0.2) is 0 Å². The molecule has 1 aromatic carbocycles. The average Bonchev–Trinajstić information content (AvgIpc) is 2.49. The van der Waals surface area contributed by atoms with Gasteiger partial charge in [-0.05, 0) is 32.9 Å². The highest BCUT2D eigenvalue weighted by Gasteiger charge is 2.31. The van der Waals surface area contributed by atoms with E-state index in [0.717, 1.165) is 13.1 Å². The molecule has 0 spiro atoms. The summed E-state index contributed by atoms with van der Waals surface area (Å²) in [5.74, 6) is 0.630. The molecule has 126 valence electrons. The second kappa shape index (κ2) is 6.34. The minimum Gasteiger partial charge on any atom is -0.370 e. The van der Waals surface area contributed by atoms with Gasteiger partial charge in [-0.2, -0.15) is 5.26 Å². The molecular weight excluding hydrogens is 304 g/mol. The maximum absolute atomic E-state index is 12.7. The van der Waals surface area contributed by atoms with Crippen LogP contribution in [0.3, 0.4) is 0 Å². The van der Waals surface area contributed by atoms with E-state index in [-0.39, 0.29) is 23.8 Å². The minimum atomic E-state index is -0.241. The Bertz CT molecular complexity index is 850. The van der Waals surface area contributed by atoms with Gasteiger partial charge in [0, 0.05) is 13.1 Å². The van der Waals surface area contributed by atoms with Gasteiger partial charge in [-0.15, -0.1) is 0 Å². The van der Waals surface area contributed by atoms with Gasteiger partial charge in [0.25, 0.3) is 5.56 Å². The molecule has 3 rings (SSSR count). The molecule has 0 amide bonds. The minimum absolute atomic E-state index is 0.00921. The number of nitriles is 1. The fourth-order valence-corrected chi connectivity index (χ4v) is 3.47. The molecule has 1 atom stereocenters. The molecule has 1 aliphatic heterocycles. The molecule has 0 bridgehead atoms. The topological polar surface area (TPSA) is 71.2 Å². The lowest BCUT2D eigenvalue weighted by molar-refractivity contribution is -0.131. The maximum atomic E-state index is 12.7. The zero-order valence-electron chi connectivity index (χ0n) is 14.3. The first-order valence-corrected chi connectivity index (χ1v) is 8.15. The van der Waals surface area contributed by atoms with Crippen LogP contribution in [-0.4, -0.2) is 39.2 Å². The lowest BCUT2D eigenvalue weighted by Gasteiger charge is -2.41. The monoisotopic (exact) mass is 326 g/mol. The third kappa shape index (κ3) is 3.32. The van der Waals surface area contributed by atoms with Crippen molar-refractivity contribution < 1.29 is 4.74 Å². The maximum Gasteiger partial charge on any atom is 0.262 e. The van der Waals surface area contributed by atoms with E-state index in [0.29, 0.717) is 23.3 Å². The Labute approximate surface area is 141 Å². The summed E-state index contributed by atoms with van der Waals surface area (Å²) >= 11 is 0. The summed E-state index contributed by atoms with van der Waals surface area (Å²) in [7, 11) is 0. The van der Waals surface area contributed by atoms with Gasteiger partial charge in [0.1, 0.15) is 12.4 Å². The number of benzene rings is 1. The fraction of sp³-hybridized carbons (Fsp3) is 0.500. The molecule has 0 N–H and O–H groups in total. The van der Waals surface area contributed by atoms with E-state index >= 15 is 0 Å². The number of ether oxygens (including phenoxy) is 1. The number of rotatable bonds is 3. The van der Waals surface area contributed by atoms with Crippen molar-refractivity contribution in [3.05, 3.63) is 40.4 Å². The quantitative estimate of drug-likeness (QED) is 0.862. The van der Waals surface area contributed by atoms with Crippen LogP contribution in [0.15, 0.2) is 29.1 Å². The van der Waals surface area contributed by atoms with Crippen molar-refractivity contribution in [2.24, 2.45) is 0 Å². The van der Waals surface area contributed by atoms with E-state index in [9.17, 15) is 4.79 Å². The standard InChI is InChI=1S/C18H22N4O2/c1-13-10-21(12-18(2,3)24-13)11-16-20-15-7-5-4-6-14(15)17(23)22(16)9-8-19/h4-7,13H,9-12H2,1-3H3. The Balaban J connectivity index is 2.01. The van der Waals surface area contributed by atoms with E-state index in [1.165, 1.54) is 4.57 Å². The van der Waals surface area contributed by atoms with Gasteiger partial charge < -0.3 is 4.74 Å². The number of para-hydroxylation sites is 1. The van der Waals surface area contributed by atoms with Crippen molar-refractivity contribution in [1.82, 2.24) is 14.5 Å². The Morgan fingerprint density at radius 1 is 1.42 bits per heavy atom. The SMILES string of the molecule is CC1CN(Cc2nc3ccccc3c(=O)n2CC#N)CC(C)(C)O1. The first-order valence-electron chi connectivity index (χ1n) is 8.15. The molecular formula is C18H22N4O2. The number of hydrogen-bond donors (Lipinski definition) is 0. The molecule has 1 saturated heterocycles. The molecule has 24 heavy (non-hydrogen) atoms. The summed E-state index contributed by atoms with van der Waals surface area (Å²) < 4.78 is 7.41. The molecule has 0 radical (unpaired) electrons. The summed E-state index contributed by atoms with van der Waals surface area (Å²) in [5.41, 5.74) is 0.277. The van der Waals surface area contributed by atoms with Crippen LogP contribution in [0, 0.1) is 11.3 Å². The Hall–Kier alpha value is -2.23. The number of morpholine rings is 1. The molecule has 0 aliphatic carbocycles. The van der Waals surface area contributed by atoms with Crippen LogP contribution >= 0.6 is 0 Å². The van der Waals surface area contributed by atoms with Crippen molar-refractivity contribution in [3.63, 3.8) is 0 Å². The third-order valence-electron chi connectivity index (χ3n) is 4.17. The van der Waals surface area contributed by atoms with Crippen LogP contribution in [0.1, 0.15) is 26.6 Å². The van der Waals surface area contributed by atoms with Crippen molar-refractivity contribution in [2.75, 3.05) is 13.1 Å². The first-order chi connectivity index (χ1) is 11.4. The van der Waals surface area contributed by atoms with Crippen LogP contribution in [0.4, 0.5) is 0 Å². The molecule has 1 aromatic heterocycles. The molecule has 6 heteroatoms. The van der Waals surface area contributed by atoms with Gasteiger partial charge in [0.2, 0.25) is 0 Å². The van der Waals surface area contributed by atoms with Crippen LogP contribution in [0.2, 0.25) is 0 Å². The van der Waals surface area contributed by atoms with Crippen molar-refractivity contribution in [2.45, 2.75) is 45.6 Å². The lowest BCUT2D eigenvalue weighted by atomic mass is 10.1. The lowest BCUT2D eigenvalue weighted by Crippen LogP contribution is -2.51.